The third kappa shape index (κ3) is 3.02. The van der Waals surface area contributed by atoms with Gasteiger partial charge in [0.25, 0.3) is 0 Å². The molecule has 126 valence electrons. The van der Waals surface area contributed by atoms with Gasteiger partial charge in [-0.15, -0.1) is 0 Å². The molecule has 3 rings (SSSR count). The van der Waals surface area contributed by atoms with E-state index in [2.05, 4.69) is 30.0 Å². The third-order valence-corrected chi connectivity index (χ3v) is 4.93. The highest BCUT2D eigenvalue weighted by Crippen LogP contribution is 2.40. The van der Waals surface area contributed by atoms with Gasteiger partial charge >= 0.3 is 6.09 Å². The SMILES string of the molecule is CCN1CCC[C@H]1c1ccccc1-c1ccccc1N(C)C(=O)O. The highest BCUT2D eigenvalue weighted by molar-refractivity contribution is 5.93. The Morgan fingerprint density at radius 1 is 1.17 bits per heavy atom. The average molecular weight is 324 g/mol. The van der Waals surface area contributed by atoms with Crippen LogP contribution in [0.5, 0.6) is 0 Å². The van der Waals surface area contributed by atoms with Crippen LogP contribution < -0.4 is 4.90 Å². The Balaban J connectivity index is 2.10. The van der Waals surface area contributed by atoms with Crippen LogP contribution >= 0.6 is 0 Å². The van der Waals surface area contributed by atoms with E-state index in [0.29, 0.717) is 6.04 Å². The van der Waals surface area contributed by atoms with Gasteiger partial charge in [0.1, 0.15) is 0 Å². The van der Waals surface area contributed by atoms with Crippen LogP contribution in [0.4, 0.5) is 10.5 Å². The monoisotopic (exact) mass is 324 g/mol. The van der Waals surface area contributed by atoms with Crippen molar-refractivity contribution in [3.05, 3.63) is 54.1 Å². The van der Waals surface area contributed by atoms with E-state index in [1.165, 1.54) is 16.9 Å². The van der Waals surface area contributed by atoms with E-state index in [-0.39, 0.29) is 0 Å². The highest BCUT2D eigenvalue weighted by Gasteiger charge is 2.27. The molecule has 2 aromatic rings. The third-order valence-electron chi connectivity index (χ3n) is 4.93. The van der Waals surface area contributed by atoms with Crippen LogP contribution in [-0.4, -0.2) is 36.2 Å². The Kier molecular flexibility index (Phi) is 4.86. The largest absolute Gasteiger partial charge is 0.465 e. The predicted octanol–water partition coefficient (Wildman–Crippen LogP) is 4.62. The van der Waals surface area contributed by atoms with Gasteiger partial charge in [0.2, 0.25) is 0 Å². The van der Waals surface area contributed by atoms with E-state index in [1.54, 1.807) is 7.05 Å². The summed E-state index contributed by atoms with van der Waals surface area (Å²) in [5.41, 5.74) is 4.12. The van der Waals surface area contributed by atoms with Crippen molar-refractivity contribution >= 4 is 11.8 Å². The smallest absolute Gasteiger partial charge is 0.411 e. The Labute approximate surface area is 143 Å². The van der Waals surface area contributed by atoms with Crippen molar-refractivity contribution in [2.45, 2.75) is 25.8 Å². The molecule has 0 aromatic heterocycles. The number of benzene rings is 2. The zero-order chi connectivity index (χ0) is 17.1. The molecule has 4 nitrogen and oxygen atoms in total. The molecule has 1 atom stereocenters. The number of carboxylic acid groups (broad SMARTS) is 1. The van der Waals surface area contributed by atoms with Crippen LogP contribution in [0.15, 0.2) is 48.5 Å². The molecule has 0 spiro atoms. The van der Waals surface area contributed by atoms with Crippen molar-refractivity contribution in [2.75, 3.05) is 25.0 Å². The molecule has 0 aliphatic carbocycles. The molecule has 4 heteroatoms. The van der Waals surface area contributed by atoms with Gasteiger partial charge < -0.3 is 5.11 Å². The minimum Gasteiger partial charge on any atom is -0.465 e. The molecule has 1 amide bonds. The number of hydrogen-bond acceptors (Lipinski definition) is 2. The lowest BCUT2D eigenvalue weighted by Crippen LogP contribution is -2.25. The maximum absolute atomic E-state index is 11.4. The minimum atomic E-state index is -0.948. The molecule has 0 bridgehead atoms. The Bertz CT molecular complexity index is 729. The summed E-state index contributed by atoms with van der Waals surface area (Å²) in [7, 11) is 1.59. The van der Waals surface area contributed by atoms with E-state index in [4.69, 9.17) is 0 Å². The van der Waals surface area contributed by atoms with Gasteiger partial charge in [-0.05, 0) is 43.1 Å². The average Bonchev–Trinajstić information content (AvgIpc) is 3.09. The quantitative estimate of drug-likeness (QED) is 0.892. The lowest BCUT2D eigenvalue weighted by atomic mass is 9.92. The fourth-order valence-electron chi connectivity index (χ4n) is 3.69. The second-order valence-corrected chi connectivity index (χ2v) is 6.23. The summed E-state index contributed by atoms with van der Waals surface area (Å²) in [6.45, 7) is 4.37. The highest BCUT2D eigenvalue weighted by atomic mass is 16.4. The van der Waals surface area contributed by atoms with E-state index >= 15 is 0 Å². The molecule has 1 fully saturated rings. The molecule has 1 saturated heterocycles. The number of anilines is 1. The van der Waals surface area contributed by atoms with Gasteiger partial charge in [-0.1, -0.05) is 49.4 Å². The maximum Gasteiger partial charge on any atom is 0.411 e. The standard InChI is InChI=1S/C20H24N2O2/c1-3-22-14-8-13-19(22)17-11-5-4-9-15(17)16-10-6-7-12-18(16)21(2)20(23)24/h4-7,9-12,19H,3,8,13-14H2,1-2H3,(H,23,24)/t19-/m0/s1. The van der Waals surface area contributed by atoms with Crippen LogP contribution in [-0.2, 0) is 0 Å². The molecule has 0 saturated carbocycles. The molecule has 0 unspecified atom stereocenters. The summed E-state index contributed by atoms with van der Waals surface area (Å²) >= 11 is 0. The first-order chi connectivity index (χ1) is 11.6. The Hall–Kier alpha value is -2.33. The van der Waals surface area contributed by atoms with E-state index in [0.717, 1.165) is 36.3 Å². The van der Waals surface area contributed by atoms with Crippen molar-refractivity contribution in [1.82, 2.24) is 4.90 Å². The van der Waals surface area contributed by atoms with Crippen LogP contribution in [0, 0.1) is 0 Å². The van der Waals surface area contributed by atoms with Crippen LogP contribution in [0.25, 0.3) is 11.1 Å². The molecular weight excluding hydrogens is 300 g/mol. The summed E-state index contributed by atoms with van der Waals surface area (Å²) in [5.74, 6) is 0. The van der Waals surface area contributed by atoms with Crippen molar-refractivity contribution in [2.24, 2.45) is 0 Å². The predicted molar refractivity (Wildman–Crippen MR) is 97.5 cm³/mol. The lowest BCUT2D eigenvalue weighted by Gasteiger charge is -2.26. The zero-order valence-electron chi connectivity index (χ0n) is 14.3. The summed E-state index contributed by atoms with van der Waals surface area (Å²) in [6, 6.07) is 16.5. The number of nitrogens with zero attached hydrogens (tertiary/aromatic N) is 2. The topological polar surface area (TPSA) is 43.8 Å². The molecule has 1 aliphatic rings. The number of likely N-dealkylation sites (tertiary alicyclic amines) is 1. The van der Waals surface area contributed by atoms with Crippen molar-refractivity contribution < 1.29 is 9.90 Å². The summed E-state index contributed by atoms with van der Waals surface area (Å²) in [6.07, 6.45) is 1.42. The van der Waals surface area contributed by atoms with E-state index < -0.39 is 6.09 Å². The number of para-hydroxylation sites is 1. The van der Waals surface area contributed by atoms with E-state index in [1.807, 2.05) is 30.3 Å². The van der Waals surface area contributed by atoms with Crippen LogP contribution in [0.1, 0.15) is 31.4 Å². The van der Waals surface area contributed by atoms with Gasteiger partial charge in [-0.3, -0.25) is 9.80 Å². The first kappa shape index (κ1) is 16.5. The van der Waals surface area contributed by atoms with Crippen molar-refractivity contribution in [3.63, 3.8) is 0 Å². The summed E-state index contributed by atoms with van der Waals surface area (Å²) in [5, 5.41) is 9.39. The maximum atomic E-state index is 11.4. The van der Waals surface area contributed by atoms with Gasteiger partial charge in [0.05, 0.1) is 5.69 Å². The second-order valence-electron chi connectivity index (χ2n) is 6.23. The van der Waals surface area contributed by atoms with Crippen molar-refractivity contribution in [1.29, 1.82) is 0 Å². The van der Waals surface area contributed by atoms with Gasteiger partial charge in [0, 0.05) is 18.7 Å². The molecule has 1 N–H and O–H groups in total. The Morgan fingerprint density at radius 3 is 2.54 bits per heavy atom. The first-order valence-electron chi connectivity index (χ1n) is 8.52. The molecule has 1 aliphatic heterocycles. The number of hydrogen-bond donors (Lipinski definition) is 1. The fraction of sp³-hybridized carbons (Fsp3) is 0.350. The fourth-order valence-corrected chi connectivity index (χ4v) is 3.69. The summed E-state index contributed by atoms with van der Waals surface area (Å²) in [4.78, 5) is 15.2. The van der Waals surface area contributed by atoms with Crippen LogP contribution in [0.2, 0.25) is 0 Å². The van der Waals surface area contributed by atoms with Gasteiger partial charge in [0.15, 0.2) is 0 Å². The number of rotatable bonds is 4. The molecule has 1 heterocycles. The minimum absolute atomic E-state index is 0.411. The molecular formula is C20H24N2O2. The lowest BCUT2D eigenvalue weighted by molar-refractivity contribution is 0.203. The first-order valence-corrected chi connectivity index (χ1v) is 8.52. The second kappa shape index (κ2) is 7.05. The van der Waals surface area contributed by atoms with Gasteiger partial charge in [-0.25, -0.2) is 4.79 Å². The van der Waals surface area contributed by atoms with Crippen molar-refractivity contribution in [3.8, 4) is 11.1 Å². The normalized spacial score (nSPS) is 17.8. The number of amides is 1. The number of carbonyl (C=O) groups is 1. The van der Waals surface area contributed by atoms with Gasteiger partial charge in [-0.2, -0.15) is 0 Å². The molecule has 24 heavy (non-hydrogen) atoms. The van der Waals surface area contributed by atoms with E-state index in [9.17, 15) is 9.90 Å². The zero-order valence-corrected chi connectivity index (χ0v) is 14.3. The Morgan fingerprint density at radius 2 is 1.83 bits per heavy atom. The molecule has 2 aromatic carbocycles. The summed E-state index contributed by atoms with van der Waals surface area (Å²) < 4.78 is 0. The molecule has 0 radical (unpaired) electrons. The van der Waals surface area contributed by atoms with Crippen LogP contribution in [0.3, 0.4) is 0 Å².